The maximum absolute atomic E-state index is 12.4. The number of amides is 2. The van der Waals surface area contributed by atoms with Crippen LogP contribution in [-0.4, -0.2) is 23.9 Å². The van der Waals surface area contributed by atoms with Crippen LogP contribution in [0.2, 0.25) is 0 Å². The number of ether oxygens (including phenoxy) is 1. The summed E-state index contributed by atoms with van der Waals surface area (Å²) in [7, 11) is 1.60. The van der Waals surface area contributed by atoms with Crippen molar-refractivity contribution in [1.82, 2.24) is 10.3 Å². The quantitative estimate of drug-likeness (QED) is 0.575. The molecule has 0 saturated carbocycles. The number of methoxy groups -OCH3 is 1. The molecule has 2 amide bonds. The molecule has 1 aromatic heterocycles. The Bertz CT molecular complexity index is 958. The Morgan fingerprint density at radius 3 is 2.28 bits per heavy atom. The van der Waals surface area contributed by atoms with Gasteiger partial charge in [-0.15, -0.1) is 0 Å². The van der Waals surface area contributed by atoms with Crippen molar-refractivity contribution in [1.29, 1.82) is 0 Å². The van der Waals surface area contributed by atoms with Gasteiger partial charge in [0.1, 0.15) is 11.8 Å². The lowest BCUT2D eigenvalue weighted by Crippen LogP contribution is -2.33. The summed E-state index contributed by atoms with van der Waals surface area (Å²) < 4.78 is 5.11. The van der Waals surface area contributed by atoms with E-state index < -0.39 is 6.04 Å². The normalized spacial score (nSPS) is 11.4. The number of carbonyl (C=O) groups excluding carboxylic acids is 2. The lowest BCUT2D eigenvalue weighted by molar-refractivity contribution is -0.122. The molecule has 0 aliphatic rings. The second-order valence-corrected chi connectivity index (χ2v) is 6.36. The number of rotatable bonds is 7. The highest BCUT2D eigenvalue weighted by Gasteiger charge is 2.16. The van der Waals surface area contributed by atoms with Crippen molar-refractivity contribution in [2.24, 2.45) is 5.73 Å². The number of anilines is 1. The van der Waals surface area contributed by atoms with Gasteiger partial charge in [-0.3, -0.25) is 14.6 Å². The van der Waals surface area contributed by atoms with Gasteiger partial charge in [0.25, 0.3) is 5.91 Å². The number of carbonyl (C=O) groups is 2. The van der Waals surface area contributed by atoms with Crippen molar-refractivity contribution < 1.29 is 14.3 Å². The number of pyridine rings is 1. The molecule has 29 heavy (non-hydrogen) atoms. The van der Waals surface area contributed by atoms with Crippen LogP contribution in [0.25, 0.3) is 0 Å². The monoisotopic (exact) mass is 390 g/mol. The molecule has 1 heterocycles. The molecule has 4 N–H and O–H groups in total. The summed E-state index contributed by atoms with van der Waals surface area (Å²) in [5.41, 5.74) is 8.75. The van der Waals surface area contributed by atoms with Crippen molar-refractivity contribution in [3.05, 3.63) is 89.7 Å². The molecule has 7 heteroatoms. The van der Waals surface area contributed by atoms with E-state index >= 15 is 0 Å². The number of hydrogen-bond acceptors (Lipinski definition) is 5. The van der Waals surface area contributed by atoms with Gasteiger partial charge < -0.3 is 21.1 Å². The molecule has 3 aromatic rings. The van der Waals surface area contributed by atoms with Crippen LogP contribution in [0.4, 0.5) is 5.69 Å². The summed E-state index contributed by atoms with van der Waals surface area (Å²) in [5, 5.41) is 5.59. The number of aromatic nitrogens is 1. The Morgan fingerprint density at radius 1 is 1.00 bits per heavy atom. The number of nitrogens with one attached hydrogen (secondary N) is 2. The first-order chi connectivity index (χ1) is 14.1. The molecule has 148 valence electrons. The van der Waals surface area contributed by atoms with Crippen molar-refractivity contribution in [2.75, 3.05) is 12.4 Å². The topological polar surface area (TPSA) is 106 Å². The molecule has 0 saturated heterocycles. The van der Waals surface area contributed by atoms with Crippen molar-refractivity contribution >= 4 is 17.5 Å². The van der Waals surface area contributed by atoms with Crippen LogP contribution in [0.15, 0.2) is 73.1 Å². The predicted octanol–water partition coefficient (Wildman–Crippen LogP) is 2.66. The molecule has 3 rings (SSSR count). The fourth-order valence-corrected chi connectivity index (χ4v) is 2.67. The van der Waals surface area contributed by atoms with Crippen LogP contribution in [0.3, 0.4) is 0 Å². The summed E-state index contributed by atoms with van der Waals surface area (Å²) in [6.07, 6.45) is 3.20. The van der Waals surface area contributed by atoms with Crippen LogP contribution < -0.4 is 21.1 Å². The standard InChI is InChI=1S/C22H22N4O3/c1-29-19-8-2-15(3-9-19)14-25-22(28)20(23)16-4-6-17(7-5-16)21(27)26-18-10-12-24-13-11-18/h2-13,20H,14,23H2,1H3,(H,25,28)(H,24,26,27). The van der Waals surface area contributed by atoms with E-state index in [1.54, 1.807) is 55.9 Å². The van der Waals surface area contributed by atoms with Crippen LogP contribution in [0.5, 0.6) is 5.75 Å². The molecule has 1 atom stereocenters. The second-order valence-electron chi connectivity index (χ2n) is 6.36. The third kappa shape index (κ3) is 5.40. The highest BCUT2D eigenvalue weighted by atomic mass is 16.5. The van der Waals surface area contributed by atoms with E-state index in [9.17, 15) is 9.59 Å². The minimum Gasteiger partial charge on any atom is -0.497 e. The summed E-state index contributed by atoms with van der Waals surface area (Å²) in [5.74, 6) is 0.208. The van der Waals surface area contributed by atoms with Gasteiger partial charge in [-0.05, 0) is 47.5 Å². The average Bonchev–Trinajstić information content (AvgIpc) is 2.78. The zero-order chi connectivity index (χ0) is 20.6. The van der Waals surface area contributed by atoms with E-state index in [0.717, 1.165) is 11.3 Å². The highest BCUT2D eigenvalue weighted by molar-refractivity contribution is 6.04. The van der Waals surface area contributed by atoms with Gasteiger partial charge in [-0.2, -0.15) is 0 Å². The molecule has 0 radical (unpaired) electrons. The van der Waals surface area contributed by atoms with Crippen molar-refractivity contribution in [3.63, 3.8) is 0 Å². The van der Waals surface area contributed by atoms with Gasteiger partial charge >= 0.3 is 0 Å². The largest absolute Gasteiger partial charge is 0.497 e. The molecule has 0 spiro atoms. The smallest absolute Gasteiger partial charge is 0.255 e. The Kier molecular flexibility index (Phi) is 6.55. The lowest BCUT2D eigenvalue weighted by atomic mass is 10.0. The number of hydrogen-bond donors (Lipinski definition) is 3. The van der Waals surface area contributed by atoms with Gasteiger partial charge in [0, 0.05) is 30.2 Å². The molecule has 0 bridgehead atoms. The first-order valence-corrected chi connectivity index (χ1v) is 9.04. The van der Waals surface area contributed by atoms with E-state index in [2.05, 4.69) is 15.6 Å². The molecule has 1 unspecified atom stereocenters. The molecule has 0 aliphatic heterocycles. The number of benzene rings is 2. The molecule has 2 aromatic carbocycles. The van der Waals surface area contributed by atoms with Crippen LogP contribution in [-0.2, 0) is 11.3 Å². The van der Waals surface area contributed by atoms with Crippen LogP contribution in [0.1, 0.15) is 27.5 Å². The van der Waals surface area contributed by atoms with Gasteiger partial charge in [0.15, 0.2) is 0 Å². The Hall–Kier alpha value is -3.71. The van der Waals surface area contributed by atoms with Gasteiger partial charge in [-0.25, -0.2) is 0 Å². The summed E-state index contributed by atoms with van der Waals surface area (Å²) in [6.45, 7) is 0.364. The maximum Gasteiger partial charge on any atom is 0.255 e. The van der Waals surface area contributed by atoms with Gasteiger partial charge in [-0.1, -0.05) is 24.3 Å². The van der Waals surface area contributed by atoms with Crippen molar-refractivity contribution in [2.45, 2.75) is 12.6 Å². The summed E-state index contributed by atoms with van der Waals surface area (Å²) in [6, 6.07) is 16.6. The predicted molar refractivity (Wildman–Crippen MR) is 110 cm³/mol. The maximum atomic E-state index is 12.4. The summed E-state index contributed by atoms with van der Waals surface area (Å²) >= 11 is 0. The fraction of sp³-hybridized carbons (Fsp3) is 0.136. The molecule has 7 nitrogen and oxygen atoms in total. The second kappa shape index (κ2) is 9.48. The molecule has 0 aliphatic carbocycles. The third-order valence-corrected chi connectivity index (χ3v) is 4.38. The Labute approximate surface area is 168 Å². The first-order valence-electron chi connectivity index (χ1n) is 9.04. The number of nitrogens with zero attached hydrogens (tertiary/aromatic N) is 1. The Morgan fingerprint density at radius 2 is 1.66 bits per heavy atom. The van der Waals surface area contributed by atoms with Gasteiger partial charge in [0.05, 0.1) is 7.11 Å². The van der Waals surface area contributed by atoms with Crippen LogP contribution >= 0.6 is 0 Å². The average molecular weight is 390 g/mol. The SMILES string of the molecule is COc1ccc(CNC(=O)C(N)c2ccc(C(=O)Nc3ccncc3)cc2)cc1. The first kappa shape index (κ1) is 20.0. The fourth-order valence-electron chi connectivity index (χ4n) is 2.67. The van der Waals surface area contributed by atoms with E-state index in [0.29, 0.717) is 23.4 Å². The lowest BCUT2D eigenvalue weighted by Gasteiger charge is -2.13. The van der Waals surface area contributed by atoms with E-state index in [1.807, 2.05) is 24.3 Å². The third-order valence-electron chi connectivity index (χ3n) is 4.38. The zero-order valence-corrected chi connectivity index (χ0v) is 16.0. The van der Waals surface area contributed by atoms with Crippen molar-refractivity contribution in [3.8, 4) is 5.75 Å². The molecular weight excluding hydrogens is 368 g/mol. The van der Waals surface area contributed by atoms with E-state index in [1.165, 1.54) is 0 Å². The zero-order valence-electron chi connectivity index (χ0n) is 16.0. The molecule has 0 fully saturated rings. The van der Waals surface area contributed by atoms with E-state index in [4.69, 9.17) is 10.5 Å². The van der Waals surface area contributed by atoms with Gasteiger partial charge in [0.2, 0.25) is 5.91 Å². The van der Waals surface area contributed by atoms with E-state index in [-0.39, 0.29) is 11.8 Å². The summed E-state index contributed by atoms with van der Waals surface area (Å²) in [4.78, 5) is 28.5. The van der Waals surface area contributed by atoms with Crippen LogP contribution in [0, 0.1) is 0 Å². The Balaban J connectivity index is 1.56. The molecular formula is C22H22N4O3. The minimum atomic E-state index is -0.828. The highest BCUT2D eigenvalue weighted by Crippen LogP contribution is 2.15. The minimum absolute atomic E-state index is 0.250. The number of nitrogens with two attached hydrogens (primary N) is 1.